The van der Waals surface area contributed by atoms with Crippen LogP contribution >= 0.6 is 0 Å². The lowest BCUT2D eigenvalue weighted by molar-refractivity contribution is 0.253. The smallest absolute Gasteiger partial charge is 0.00683 e. The van der Waals surface area contributed by atoms with Gasteiger partial charge in [-0.05, 0) is 43.7 Å². The third kappa shape index (κ3) is 3.76. The Kier molecular flexibility index (Phi) is 3.36. The summed E-state index contributed by atoms with van der Waals surface area (Å²) in [5, 5.41) is 3.62. The van der Waals surface area contributed by atoms with Gasteiger partial charge in [-0.3, -0.25) is 0 Å². The molecule has 0 bridgehead atoms. The maximum absolute atomic E-state index is 3.62. The summed E-state index contributed by atoms with van der Waals surface area (Å²) >= 11 is 0. The maximum atomic E-state index is 3.62. The topological polar surface area (TPSA) is 15.3 Å². The van der Waals surface area contributed by atoms with Crippen molar-refractivity contribution in [2.45, 2.75) is 46.1 Å². The summed E-state index contributed by atoms with van der Waals surface area (Å²) in [4.78, 5) is 2.64. The van der Waals surface area contributed by atoms with E-state index < -0.39 is 0 Å². The summed E-state index contributed by atoms with van der Waals surface area (Å²) in [5.74, 6) is 0.805. The number of rotatable bonds is 5. The molecule has 1 saturated heterocycles. The third-order valence-corrected chi connectivity index (χ3v) is 3.66. The summed E-state index contributed by atoms with van der Waals surface area (Å²) in [6.07, 6.45) is 4.18. The molecule has 1 N–H and O–H groups in total. The normalized spacial score (nSPS) is 28.2. The summed E-state index contributed by atoms with van der Waals surface area (Å²) in [5.41, 5.74) is 0.559. The first kappa shape index (κ1) is 11.4. The van der Waals surface area contributed by atoms with Gasteiger partial charge in [0.2, 0.25) is 0 Å². The van der Waals surface area contributed by atoms with Crippen molar-refractivity contribution in [3.05, 3.63) is 0 Å². The SMILES string of the molecule is CC(CNC1CC1)CN1CCC(C)(C)C1. The molecule has 2 rings (SSSR count). The van der Waals surface area contributed by atoms with Gasteiger partial charge in [-0.25, -0.2) is 0 Å². The molecule has 2 aliphatic rings. The average molecular weight is 210 g/mol. The predicted octanol–water partition coefficient (Wildman–Crippen LogP) is 2.11. The van der Waals surface area contributed by atoms with Crippen LogP contribution in [0.2, 0.25) is 0 Å². The minimum Gasteiger partial charge on any atom is -0.314 e. The Morgan fingerprint density at radius 2 is 2.13 bits per heavy atom. The highest BCUT2D eigenvalue weighted by atomic mass is 15.2. The zero-order valence-electron chi connectivity index (χ0n) is 10.6. The molecule has 2 fully saturated rings. The summed E-state index contributed by atoms with van der Waals surface area (Å²) in [6.45, 7) is 12.2. The van der Waals surface area contributed by atoms with Crippen molar-refractivity contribution in [3.63, 3.8) is 0 Å². The van der Waals surface area contributed by atoms with Crippen molar-refractivity contribution in [2.24, 2.45) is 11.3 Å². The van der Waals surface area contributed by atoms with Crippen LogP contribution in [0.5, 0.6) is 0 Å². The van der Waals surface area contributed by atoms with Crippen molar-refractivity contribution in [1.29, 1.82) is 0 Å². The van der Waals surface area contributed by atoms with Crippen molar-refractivity contribution in [3.8, 4) is 0 Å². The number of likely N-dealkylation sites (tertiary alicyclic amines) is 1. The Morgan fingerprint density at radius 1 is 1.40 bits per heavy atom. The summed E-state index contributed by atoms with van der Waals surface area (Å²) in [6, 6.07) is 0.863. The Balaban J connectivity index is 1.63. The first-order chi connectivity index (χ1) is 7.05. The molecule has 0 aromatic carbocycles. The van der Waals surface area contributed by atoms with E-state index in [4.69, 9.17) is 0 Å². The molecule has 0 radical (unpaired) electrons. The van der Waals surface area contributed by atoms with Crippen molar-refractivity contribution in [2.75, 3.05) is 26.2 Å². The van der Waals surface area contributed by atoms with Gasteiger partial charge in [0.1, 0.15) is 0 Å². The molecule has 1 saturated carbocycles. The van der Waals surface area contributed by atoms with Crippen LogP contribution in [0.4, 0.5) is 0 Å². The molecule has 2 heteroatoms. The van der Waals surface area contributed by atoms with E-state index >= 15 is 0 Å². The van der Waals surface area contributed by atoms with Crippen molar-refractivity contribution >= 4 is 0 Å². The van der Waals surface area contributed by atoms with Crippen LogP contribution in [0, 0.1) is 11.3 Å². The molecule has 0 amide bonds. The van der Waals surface area contributed by atoms with Crippen LogP contribution in [0.25, 0.3) is 0 Å². The molecule has 0 aromatic heterocycles. The minimum absolute atomic E-state index is 0.559. The van der Waals surface area contributed by atoms with E-state index in [1.54, 1.807) is 0 Å². The van der Waals surface area contributed by atoms with Crippen molar-refractivity contribution in [1.82, 2.24) is 10.2 Å². The van der Waals surface area contributed by atoms with Gasteiger partial charge in [0.25, 0.3) is 0 Å². The number of nitrogens with zero attached hydrogens (tertiary/aromatic N) is 1. The highest BCUT2D eigenvalue weighted by Gasteiger charge is 2.29. The van der Waals surface area contributed by atoms with Crippen LogP contribution in [0.15, 0.2) is 0 Å². The molecule has 0 spiro atoms. The van der Waals surface area contributed by atoms with Gasteiger partial charge in [-0.2, -0.15) is 0 Å². The Morgan fingerprint density at radius 3 is 2.67 bits per heavy atom. The second-order valence-electron chi connectivity index (χ2n) is 6.44. The fourth-order valence-electron chi connectivity index (χ4n) is 2.54. The molecular formula is C13H26N2. The quantitative estimate of drug-likeness (QED) is 0.747. The van der Waals surface area contributed by atoms with E-state index in [2.05, 4.69) is 31.0 Å². The van der Waals surface area contributed by atoms with Crippen LogP contribution in [0.1, 0.15) is 40.0 Å². The second-order valence-corrected chi connectivity index (χ2v) is 6.44. The lowest BCUT2D eigenvalue weighted by Gasteiger charge is -2.23. The fourth-order valence-corrected chi connectivity index (χ4v) is 2.54. The lowest BCUT2D eigenvalue weighted by atomic mass is 9.93. The molecule has 1 unspecified atom stereocenters. The van der Waals surface area contributed by atoms with Gasteiger partial charge in [0, 0.05) is 19.1 Å². The minimum atomic E-state index is 0.559. The number of hydrogen-bond acceptors (Lipinski definition) is 2. The predicted molar refractivity (Wildman–Crippen MR) is 65.0 cm³/mol. The van der Waals surface area contributed by atoms with E-state index in [9.17, 15) is 0 Å². The maximum Gasteiger partial charge on any atom is 0.00683 e. The largest absolute Gasteiger partial charge is 0.314 e. The van der Waals surface area contributed by atoms with Crippen LogP contribution in [-0.2, 0) is 0 Å². The van der Waals surface area contributed by atoms with Gasteiger partial charge < -0.3 is 10.2 Å². The molecule has 15 heavy (non-hydrogen) atoms. The van der Waals surface area contributed by atoms with Gasteiger partial charge in [0.05, 0.1) is 0 Å². The Labute approximate surface area is 94.4 Å². The fraction of sp³-hybridized carbons (Fsp3) is 1.00. The third-order valence-electron chi connectivity index (χ3n) is 3.66. The first-order valence-electron chi connectivity index (χ1n) is 6.51. The molecule has 1 heterocycles. The molecule has 1 aliphatic heterocycles. The van der Waals surface area contributed by atoms with E-state index in [-0.39, 0.29) is 0 Å². The first-order valence-corrected chi connectivity index (χ1v) is 6.51. The molecule has 2 nitrogen and oxygen atoms in total. The zero-order valence-corrected chi connectivity index (χ0v) is 10.6. The second kappa shape index (κ2) is 4.42. The van der Waals surface area contributed by atoms with Crippen LogP contribution in [0.3, 0.4) is 0 Å². The van der Waals surface area contributed by atoms with E-state index in [0.717, 1.165) is 12.0 Å². The average Bonchev–Trinajstić information content (AvgIpc) is 2.89. The molecule has 1 aliphatic carbocycles. The van der Waals surface area contributed by atoms with E-state index in [0.29, 0.717) is 5.41 Å². The molecule has 88 valence electrons. The van der Waals surface area contributed by atoms with Crippen molar-refractivity contribution < 1.29 is 0 Å². The van der Waals surface area contributed by atoms with Gasteiger partial charge >= 0.3 is 0 Å². The summed E-state index contributed by atoms with van der Waals surface area (Å²) < 4.78 is 0. The van der Waals surface area contributed by atoms with Crippen LogP contribution < -0.4 is 5.32 Å². The van der Waals surface area contributed by atoms with Gasteiger partial charge in [-0.1, -0.05) is 20.8 Å². The number of nitrogens with one attached hydrogen (secondary N) is 1. The molecule has 1 atom stereocenters. The van der Waals surface area contributed by atoms with Crippen LogP contribution in [-0.4, -0.2) is 37.1 Å². The molecule has 0 aromatic rings. The zero-order chi connectivity index (χ0) is 10.9. The molecular weight excluding hydrogens is 184 g/mol. The van der Waals surface area contributed by atoms with Gasteiger partial charge in [0.15, 0.2) is 0 Å². The lowest BCUT2D eigenvalue weighted by Crippen LogP contribution is -2.33. The van der Waals surface area contributed by atoms with E-state index in [1.807, 2.05) is 0 Å². The Bertz CT molecular complexity index is 209. The Hall–Kier alpha value is -0.0800. The number of hydrogen-bond donors (Lipinski definition) is 1. The highest BCUT2D eigenvalue weighted by Crippen LogP contribution is 2.29. The van der Waals surface area contributed by atoms with E-state index in [1.165, 1.54) is 45.4 Å². The monoisotopic (exact) mass is 210 g/mol. The summed E-state index contributed by atoms with van der Waals surface area (Å²) in [7, 11) is 0. The van der Waals surface area contributed by atoms with Gasteiger partial charge in [-0.15, -0.1) is 0 Å². The standard InChI is InChI=1S/C13H26N2/c1-11(8-14-12-4-5-12)9-15-7-6-13(2,3)10-15/h11-12,14H,4-10H2,1-3H3. The highest BCUT2D eigenvalue weighted by molar-refractivity contribution is 4.85.